The van der Waals surface area contributed by atoms with Gasteiger partial charge in [0.1, 0.15) is 55.6 Å². The van der Waals surface area contributed by atoms with Crippen molar-refractivity contribution in [1.29, 1.82) is 0 Å². The van der Waals surface area contributed by atoms with Crippen LogP contribution in [0.1, 0.15) is 24.9 Å². The smallest absolute Gasteiger partial charge is 0.350 e. The van der Waals surface area contributed by atoms with E-state index in [0.29, 0.717) is 12.2 Å². The Kier molecular flexibility index (Phi) is 9.61. The maximum atomic E-state index is 14.9. The number of halogens is 2. The van der Waals surface area contributed by atoms with Gasteiger partial charge in [-0.3, -0.25) is 0 Å². The minimum Gasteiger partial charge on any atom is -0.491 e. The maximum absolute atomic E-state index is 14.9. The Balaban J connectivity index is 0.924. The van der Waals surface area contributed by atoms with Gasteiger partial charge in [-0.15, -0.1) is 0 Å². The van der Waals surface area contributed by atoms with Crippen molar-refractivity contribution in [3.05, 3.63) is 113 Å². The van der Waals surface area contributed by atoms with Crippen LogP contribution in [-0.2, 0) is 21.8 Å². The van der Waals surface area contributed by atoms with Gasteiger partial charge in [-0.25, -0.2) is 32.5 Å². The molecule has 0 amide bonds. The lowest BCUT2D eigenvalue weighted by molar-refractivity contribution is -0.192. The molecule has 1 N–H and O–H groups in total. The molecule has 50 heavy (non-hydrogen) atoms. The largest absolute Gasteiger partial charge is 0.491 e. The molecule has 2 saturated heterocycles. The number of hydrogen-bond acceptors (Lipinski definition) is 10. The van der Waals surface area contributed by atoms with Gasteiger partial charge >= 0.3 is 5.69 Å². The molecule has 5 aromatic rings. The number of hydrogen-bond donors (Lipinski definition) is 1. The van der Waals surface area contributed by atoms with E-state index in [1.54, 1.807) is 0 Å². The Morgan fingerprint density at radius 2 is 1.62 bits per heavy atom. The first-order chi connectivity index (χ1) is 24.4. The molecular formula is C35H38F2N8O5. The zero-order chi connectivity index (χ0) is 34.7. The Bertz CT molecular complexity index is 1920. The molecule has 3 aromatic carbocycles. The number of aliphatic hydroxyl groups is 1. The lowest BCUT2D eigenvalue weighted by Crippen LogP contribution is -2.46. The molecule has 2 aliphatic heterocycles. The summed E-state index contributed by atoms with van der Waals surface area (Å²) in [6, 6.07) is 18.7. The van der Waals surface area contributed by atoms with Gasteiger partial charge < -0.3 is 29.1 Å². The molecule has 13 nitrogen and oxygen atoms in total. The van der Waals surface area contributed by atoms with Crippen LogP contribution < -0.4 is 20.2 Å². The van der Waals surface area contributed by atoms with E-state index in [0.717, 1.165) is 49.3 Å². The molecule has 0 saturated carbocycles. The highest BCUT2D eigenvalue weighted by Gasteiger charge is 2.46. The summed E-state index contributed by atoms with van der Waals surface area (Å²) in [6.07, 6.45) is 4.43. The Morgan fingerprint density at radius 1 is 0.940 bits per heavy atom. The molecule has 262 valence electrons. The van der Waals surface area contributed by atoms with Crippen molar-refractivity contribution in [2.45, 2.75) is 37.8 Å². The first kappa shape index (κ1) is 33.4. The van der Waals surface area contributed by atoms with Crippen LogP contribution in [0.5, 0.6) is 5.75 Å². The molecule has 1 unspecified atom stereocenters. The van der Waals surface area contributed by atoms with Crippen LogP contribution in [0.3, 0.4) is 0 Å². The van der Waals surface area contributed by atoms with Gasteiger partial charge in [0.2, 0.25) is 5.79 Å². The highest BCUT2D eigenvalue weighted by atomic mass is 19.1. The molecule has 2 fully saturated rings. The second-order valence-electron chi connectivity index (χ2n) is 12.3. The summed E-state index contributed by atoms with van der Waals surface area (Å²) in [4.78, 5) is 21.4. The number of nitrogens with zero attached hydrogens (tertiary/aromatic N) is 8. The second kappa shape index (κ2) is 14.4. The van der Waals surface area contributed by atoms with Crippen molar-refractivity contribution in [1.82, 2.24) is 29.1 Å². The average molecular weight is 689 g/mol. The molecule has 3 atom stereocenters. The predicted octanol–water partition coefficient (Wildman–Crippen LogP) is 3.52. The number of piperazine rings is 1. The topological polar surface area (TPSA) is 125 Å². The van der Waals surface area contributed by atoms with E-state index in [-0.39, 0.29) is 43.7 Å². The number of aliphatic hydroxyl groups excluding tert-OH is 1. The lowest BCUT2D eigenvalue weighted by Gasteiger charge is -2.37. The minimum atomic E-state index is -1.52. The summed E-state index contributed by atoms with van der Waals surface area (Å²) >= 11 is 0. The standard InChI is InChI=1S/C35H38F2N8O5/c1-2-26(18-46)45-34(47)44(24-40-45)29-6-4-27(5-7-29)41-13-15-42(16-14-41)28-8-10-30(11-9-28)48-19-31-20-49-35(50-31,21-43-23-38-22-39-43)32-12-3-25(36)17-33(32)37/h3-12,17,22-24,26,31,46H,2,13-16,18-21H2,1H3/t26?,31-,35-/m1/s1. The van der Waals surface area contributed by atoms with E-state index < -0.39 is 23.5 Å². The first-order valence-corrected chi connectivity index (χ1v) is 16.6. The number of benzene rings is 3. The quantitative estimate of drug-likeness (QED) is 0.208. The molecule has 0 radical (unpaired) electrons. The SMILES string of the molecule is CCC(CO)n1ncn(-c2ccc(N3CCN(c4ccc(OC[C@@H]5CO[C@@](Cn6cncn6)(c6ccc(F)cc6F)O5)cc4)CC3)cc2)c1=O. The van der Waals surface area contributed by atoms with Crippen LogP contribution in [0.25, 0.3) is 5.69 Å². The van der Waals surface area contributed by atoms with Crippen LogP contribution in [0, 0.1) is 11.6 Å². The van der Waals surface area contributed by atoms with Crippen LogP contribution in [0.15, 0.2) is 90.5 Å². The molecule has 2 aromatic heterocycles. The van der Waals surface area contributed by atoms with E-state index in [2.05, 4.69) is 25.0 Å². The fourth-order valence-corrected chi connectivity index (χ4v) is 6.39. The van der Waals surface area contributed by atoms with E-state index in [1.807, 2.05) is 55.5 Å². The normalized spacial score (nSPS) is 20.0. The van der Waals surface area contributed by atoms with Gasteiger partial charge in [0.25, 0.3) is 0 Å². The third-order valence-corrected chi connectivity index (χ3v) is 9.17. The van der Waals surface area contributed by atoms with Crippen LogP contribution >= 0.6 is 0 Å². The molecule has 7 rings (SSSR count). The number of aromatic nitrogens is 6. The highest BCUT2D eigenvalue weighted by molar-refractivity contribution is 5.54. The van der Waals surface area contributed by atoms with Gasteiger partial charge in [0.15, 0.2) is 0 Å². The van der Waals surface area contributed by atoms with Crippen molar-refractivity contribution in [3.8, 4) is 11.4 Å². The zero-order valence-corrected chi connectivity index (χ0v) is 27.5. The van der Waals surface area contributed by atoms with Gasteiger partial charge in [-0.1, -0.05) is 6.92 Å². The van der Waals surface area contributed by atoms with Crippen molar-refractivity contribution in [2.24, 2.45) is 0 Å². The molecule has 2 aliphatic rings. The Labute approximate surface area is 286 Å². The summed E-state index contributed by atoms with van der Waals surface area (Å²) in [7, 11) is 0. The molecule has 0 spiro atoms. The third kappa shape index (κ3) is 6.84. The second-order valence-corrected chi connectivity index (χ2v) is 12.3. The molecule has 15 heteroatoms. The van der Waals surface area contributed by atoms with Gasteiger partial charge in [-0.2, -0.15) is 10.2 Å². The Hall–Kier alpha value is -5.12. The van der Waals surface area contributed by atoms with E-state index in [4.69, 9.17) is 14.2 Å². The highest BCUT2D eigenvalue weighted by Crippen LogP contribution is 2.38. The van der Waals surface area contributed by atoms with Crippen molar-refractivity contribution in [2.75, 3.05) is 55.8 Å². The zero-order valence-electron chi connectivity index (χ0n) is 27.5. The third-order valence-electron chi connectivity index (χ3n) is 9.17. The van der Waals surface area contributed by atoms with Crippen molar-refractivity contribution in [3.63, 3.8) is 0 Å². The summed E-state index contributed by atoms with van der Waals surface area (Å²) < 4.78 is 51.1. The maximum Gasteiger partial charge on any atom is 0.350 e. The van der Waals surface area contributed by atoms with Crippen molar-refractivity contribution < 1.29 is 28.1 Å². The fraction of sp³-hybridized carbons (Fsp3) is 0.371. The first-order valence-electron chi connectivity index (χ1n) is 16.6. The molecule has 0 bridgehead atoms. The van der Waals surface area contributed by atoms with Gasteiger partial charge in [-0.05, 0) is 67.1 Å². The van der Waals surface area contributed by atoms with Gasteiger partial charge in [0, 0.05) is 49.2 Å². The fourth-order valence-electron chi connectivity index (χ4n) is 6.39. The minimum absolute atomic E-state index is 0.0265. The average Bonchev–Trinajstić information content (AvgIpc) is 3.90. The lowest BCUT2D eigenvalue weighted by atomic mass is 10.0. The van der Waals surface area contributed by atoms with Crippen LogP contribution in [0.4, 0.5) is 20.2 Å². The number of rotatable bonds is 12. The monoisotopic (exact) mass is 688 g/mol. The molecule has 0 aliphatic carbocycles. The Morgan fingerprint density at radius 3 is 2.24 bits per heavy atom. The van der Waals surface area contributed by atoms with Crippen LogP contribution in [0.2, 0.25) is 0 Å². The molecular weight excluding hydrogens is 650 g/mol. The summed E-state index contributed by atoms with van der Waals surface area (Å²) in [5, 5.41) is 17.9. The van der Waals surface area contributed by atoms with E-state index >= 15 is 0 Å². The van der Waals surface area contributed by atoms with Gasteiger partial charge in [0.05, 0.1) is 24.9 Å². The summed E-state index contributed by atoms with van der Waals surface area (Å²) in [5.74, 6) is -2.33. The van der Waals surface area contributed by atoms with E-state index in [1.165, 1.54) is 45.0 Å². The van der Waals surface area contributed by atoms with Crippen molar-refractivity contribution >= 4 is 11.4 Å². The van der Waals surface area contributed by atoms with E-state index in [9.17, 15) is 18.7 Å². The van der Waals surface area contributed by atoms with Crippen LogP contribution in [-0.4, -0.2) is 86.3 Å². The molecule has 4 heterocycles. The summed E-state index contributed by atoms with van der Waals surface area (Å²) in [5.41, 5.74) is 2.67. The number of anilines is 2. The number of ether oxygens (including phenoxy) is 3. The summed E-state index contributed by atoms with van der Waals surface area (Å²) in [6.45, 7) is 5.42. The predicted molar refractivity (Wildman–Crippen MR) is 179 cm³/mol.